The quantitative estimate of drug-likeness (QED) is 0.753. The van der Waals surface area contributed by atoms with Crippen molar-refractivity contribution in [1.82, 2.24) is 9.88 Å². The number of aliphatic carboxylic acids is 1. The van der Waals surface area contributed by atoms with Gasteiger partial charge < -0.3 is 15.0 Å². The fraction of sp³-hybridized carbons (Fsp3) is 0.571. The van der Waals surface area contributed by atoms with Gasteiger partial charge in [0, 0.05) is 44.2 Å². The first-order chi connectivity index (χ1) is 9.02. The number of rotatable bonds is 8. The second-order valence-corrected chi connectivity index (χ2v) is 4.73. The van der Waals surface area contributed by atoms with Crippen molar-refractivity contribution in [1.29, 1.82) is 0 Å². The third-order valence-corrected chi connectivity index (χ3v) is 2.96. The predicted octanol–water partition coefficient (Wildman–Crippen LogP) is 1.81. The number of hydrogen-bond donors (Lipinski definition) is 2. The highest BCUT2D eigenvalue weighted by atomic mass is 16.4. The van der Waals surface area contributed by atoms with E-state index in [-0.39, 0.29) is 18.4 Å². The van der Waals surface area contributed by atoms with Crippen molar-refractivity contribution in [2.45, 2.75) is 52.1 Å². The van der Waals surface area contributed by atoms with Crippen LogP contribution < -0.4 is 5.32 Å². The van der Waals surface area contributed by atoms with Crippen LogP contribution in [0.1, 0.15) is 38.8 Å². The molecule has 5 nitrogen and oxygen atoms in total. The van der Waals surface area contributed by atoms with Gasteiger partial charge in [-0.05, 0) is 25.0 Å². The molecule has 1 rings (SSSR count). The van der Waals surface area contributed by atoms with Crippen LogP contribution in [-0.2, 0) is 22.6 Å². The Morgan fingerprint density at radius 2 is 2.21 bits per heavy atom. The summed E-state index contributed by atoms with van der Waals surface area (Å²) in [5.74, 6) is -0.955. The first-order valence-corrected chi connectivity index (χ1v) is 6.65. The van der Waals surface area contributed by atoms with E-state index in [2.05, 4.69) is 16.8 Å². The third-order valence-electron chi connectivity index (χ3n) is 2.96. The Morgan fingerprint density at radius 3 is 2.79 bits per heavy atom. The molecule has 0 aliphatic carbocycles. The summed E-state index contributed by atoms with van der Waals surface area (Å²) >= 11 is 0. The van der Waals surface area contributed by atoms with Crippen LogP contribution >= 0.6 is 0 Å². The monoisotopic (exact) mass is 266 g/mol. The van der Waals surface area contributed by atoms with Crippen LogP contribution in [0, 0.1) is 0 Å². The standard InChI is InChI=1S/C14H22N2O3/c1-3-8-16-9-4-5-13(16)10-12(15-11(2)17)6-7-14(18)19/h4-5,9,12H,3,6-8,10H2,1-2H3,(H,15,17)(H,18,19). The average molecular weight is 266 g/mol. The fourth-order valence-electron chi connectivity index (χ4n) is 2.16. The summed E-state index contributed by atoms with van der Waals surface area (Å²) < 4.78 is 2.15. The number of carboxylic acid groups (broad SMARTS) is 1. The van der Waals surface area contributed by atoms with Gasteiger partial charge in [-0.15, -0.1) is 0 Å². The summed E-state index contributed by atoms with van der Waals surface area (Å²) in [5.41, 5.74) is 1.13. The molecule has 0 radical (unpaired) electrons. The number of aryl methyl sites for hydroxylation is 1. The Balaban J connectivity index is 2.66. The van der Waals surface area contributed by atoms with Gasteiger partial charge in [0.25, 0.3) is 0 Å². The van der Waals surface area contributed by atoms with Crippen molar-refractivity contribution < 1.29 is 14.7 Å². The molecule has 0 saturated heterocycles. The molecule has 1 aromatic rings. The Hall–Kier alpha value is -1.78. The molecule has 106 valence electrons. The fourth-order valence-corrected chi connectivity index (χ4v) is 2.16. The van der Waals surface area contributed by atoms with Gasteiger partial charge in [0.05, 0.1) is 0 Å². The van der Waals surface area contributed by atoms with E-state index in [1.807, 2.05) is 18.3 Å². The highest BCUT2D eigenvalue weighted by Crippen LogP contribution is 2.10. The molecule has 1 amide bonds. The molecular formula is C14H22N2O3. The van der Waals surface area contributed by atoms with E-state index in [9.17, 15) is 9.59 Å². The SMILES string of the molecule is CCCn1cccc1CC(CCC(=O)O)NC(C)=O. The topological polar surface area (TPSA) is 71.3 Å². The minimum atomic E-state index is -0.834. The van der Waals surface area contributed by atoms with Crippen LogP contribution in [-0.4, -0.2) is 27.6 Å². The van der Waals surface area contributed by atoms with Crippen LogP contribution in [0.15, 0.2) is 18.3 Å². The Morgan fingerprint density at radius 1 is 1.47 bits per heavy atom. The third kappa shape index (κ3) is 5.59. The summed E-state index contributed by atoms with van der Waals surface area (Å²) in [6.07, 6.45) is 4.24. The smallest absolute Gasteiger partial charge is 0.303 e. The number of carbonyl (C=O) groups excluding carboxylic acids is 1. The molecule has 19 heavy (non-hydrogen) atoms. The highest BCUT2D eigenvalue weighted by molar-refractivity contribution is 5.73. The normalized spacial score (nSPS) is 12.1. The maximum absolute atomic E-state index is 11.2. The van der Waals surface area contributed by atoms with Crippen molar-refractivity contribution in [3.8, 4) is 0 Å². The van der Waals surface area contributed by atoms with E-state index in [4.69, 9.17) is 5.11 Å². The lowest BCUT2D eigenvalue weighted by Crippen LogP contribution is -2.35. The summed E-state index contributed by atoms with van der Waals surface area (Å²) in [5, 5.41) is 11.6. The maximum atomic E-state index is 11.2. The molecular weight excluding hydrogens is 244 g/mol. The van der Waals surface area contributed by atoms with Crippen molar-refractivity contribution >= 4 is 11.9 Å². The summed E-state index contributed by atoms with van der Waals surface area (Å²) in [6.45, 7) is 4.51. The molecule has 0 aliphatic heterocycles. The highest BCUT2D eigenvalue weighted by Gasteiger charge is 2.14. The van der Waals surface area contributed by atoms with Gasteiger partial charge in [-0.1, -0.05) is 6.92 Å². The lowest BCUT2D eigenvalue weighted by atomic mass is 10.1. The van der Waals surface area contributed by atoms with Gasteiger partial charge in [-0.25, -0.2) is 0 Å². The van der Waals surface area contributed by atoms with E-state index in [1.165, 1.54) is 6.92 Å². The lowest BCUT2D eigenvalue weighted by molar-refractivity contribution is -0.137. The largest absolute Gasteiger partial charge is 0.481 e. The Labute approximate surface area is 113 Å². The minimum Gasteiger partial charge on any atom is -0.481 e. The van der Waals surface area contributed by atoms with Crippen molar-refractivity contribution in [3.05, 3.63) is 24.0 Å². The first kappa shape index (κ1) is 15.3. The van der Waals surface area contributed by atoms with Crippen LogP contribution in [0.3, 0.4) is 0 Å². The molecule has 1 unspecified atom stereocenters. The molecule has 0 aliphatic rings. The molecule has 2 N–H and O–H groups in total. The minimum absolute atomic E-state index is 0.0689. The second-order valence-electron chi connectivity index (χ2n) is 4.73. The van der Waals surface area contributed by atoms with Crippen LogP contribution in [0.2, 0.25) is 0 Å². The number of hydrogen-bond acceptors (Lipinski definition) is 2. The molecule has 1 heterocycles. The maximum Gasteiger partial charge on any atom is 0.303 e. The Kier molecular flexibility index (Phi) is 6.12. The van der Waals surface area contributed by atoms with Crippen molar-refractivity contribution in [3.63, 3.8) is 0 Å². The number of aromatic nitrogens is 1. The van der Waals surface area contributed by atoms with Gasteiger partial charge in [0.15, 0.2) is 0 Å². The van der Waals surface area contributed by atoms with Crippen LogP contribution in [0.4, 0.5) is 0 Å². The molecule has 1 aromatic heterocycles. The zero-order valence-electron chi connectivity index (χ0n) is 11.6. The van der Waals surface area contributed by atoms with Gasteiger partial charge in [0.2, 0.25) is 5.91 Å². The number of carbonyl (C=O) groups is 2. The summed E-state index contributed by atoms with van der Waals surface area (Å²) in [4.78, 5) is 21.8. The first-order valence-electron chi connectivity index (χ1n) is 6.65. The van der Waals surface area contributed by atoms with Gasteiger partial charge in [-0.2, -0.15) is 0 Å². The zero-order valence-corrected chi connectivity index (χ0v) is 11.6. The number of nitrogens with zero attached hydrogens (tertiary/aromatic N) is 1. The number of carboxylic acids is 1. The second kappa shape index (κ2) is 7.61. The van der Waals surface area contributed by atoms with Crippen molar-refractivity contribution in [2.75, 3.05) is 0 Å². The van der Waals surface area contributed by atoms with Crippen LogP contribution in [0.5, 0.6) is 0 Å². The van der Waals surface area contributed by atoms with E-state index in [0.29, 0.717) is 12.8 Å². The van der Waals surface area contributed by atoms with E-state index in [1.54, 1.807) is 0 Å². The van der Waals surface area contributed by atoms with E-state index in [0.717, 1.165) is 18.7 Å². The molecule has 0 fully saturated rings. The lowest BCUT2D eigenvalue weighted by Gasteiger charge is -2.18. The predicted molar refractivity (Wildman–Crippen MR) is 72.9 cm³/mol. The van der Waals surface area contributed by atoms with Gasteiger partial charge >= 0.3 is 5.97 Å². The number of nitrogens with one attached hydrogen (secondary N) is 1. The molecule has 1 atom stereocenters. The molecule has 0 saturated carbocycles. The average Bonchev–Trinajstić information content (AvgIpc) is 2.73. The van der Waals surface area contributed by atoms with E-state index < -0.39 is 5.97 Å². The Bertz CT molecular complexity index is 426. The summed E-state index contributed by atoms with van der Waals surface area (Å²) in [7, 11) is 0. The molecule has 0 bridgehead atoms. The number of amides is 1. The molecule has 5 heteroatoms. The molecule has 0 spiro atoms. The van der Waals surface area contributed by atoms with Gasteiger partial charge in [0.1, 0.15) is 0 Å². The summed E-state index contributed by atoms with van der Waals surface area (Å²) in [6, 6.07) is 3.87. The van der Waals surface area contributed by atoms with Gasteiger partial charge in [-0.3, -0.25) is 9.59 Å². The van der Waals surface area contributed by atoms with E-state index >= 15 is 0 Å². The molecule has 0 aromatic carbocycles. The van der Waals surface area contributed by atoms with Crippen LogP contribution in [0.25, 0.3) is 0 Å². The van der Waals surface area contributed by atoms with Crippen molar-refractivity contribution in [2.24, 2.45) is 0 Å². The zero-order chi connectivity index (χ0) is 14.3.